The van der Waals surface area contributed by atoms with E-state index in [2.05, 4.69) is 4.90 Å². The lowest BCUT2D eigenvalue weighted by Gasteiger charge is -2.35. The number of carbonyl (C=O) groups is 1. The molecule has 1 saturated carbocycles. The van der Waals surface area contributed by atoms with Crippen LogP contribution in [0.2, 0.25) is 0 Å². The molecule has 1 N–H and O–H groups in total. The maximum atomic E-state index is 12.6. The van der Waals surface area contributed by atoms with Crippen molar-refractivity contribution >= 4 is 16.9 Å². The highest BCUT2D eigenvalue weighted by Crippen LogP contribution is 2.33. The number of aliphatic hydroxyl groups excluding tert-OH is 1. The number of aliphatic hydroxyl groups is 1. The van der Waals surface area contributed by atoms with Gasteiger partial charge in [0.2, 0.25) is 0 Å². The quantitative estimate of drug-likeness (QED) is 0.937. The first-order valence-corrected chi connectivity index (χ1v) is 8.39. The van der Waals surface area contributed by atoms with Crippen molar-refractivity contribution < 1.29 is 14.3 Å². The molecule has 2 aliphatic rings. The van der Waals surface area contributed by atoms with Gasteiger partial charge in [0.25, 0.3) is 5.91 Å². The molecule has 23 heavy (non-hydrogen) atoms. The summed E-state index contributed by atoms with van der Waals surface area (Å²) in [6.07, 6.45) is 2.12. The fraction of sp³-hybridized carbons (Fsp3) is 0.500. The number of rotatable bonds is 4. The summed E-state index contributed by atoms with van der Waals surface area (Å²) in [6.45, 7) is 3.74. The van der Waals surface area contributed by atoms with E-state index in [-0.39, 0.29) is 12.0 Å². The second-order valence-electron chi connectivity index (χ2n) is 6.65. The minimum atomic E-state index is -0.201. The topological polar surface area (TPSA) is 56.9 Å². The van der Waals surface area contributed by atoms with Crippen LogP contribution in [-0.4, -0.2) is 59.6 Å². The number of carbonyl (C=O) groups excluding carboxylic acids is 1. The Morgan fingerprint density at radius 2 is 1.96 bits per heavy atom. The van der Waals surface area contributed by atoms with E-state index in [4.69, 9.17) is 4.42 Å². The molecular formula is C18H22N2O3. The van der Waals surface area contributed by atoms with Gasteiger partial charge < -0.3 is 14.4 Å². The minimum Gasteiger partial charge on any atom is -0.451 e. The zero-order valence-electron chi connectivity index (χ0n) is 13.1. The number of furan rings is 1. The van der Waals surface area contributed by atoms with Gasteiger partial charge in [0.1, 0.15) is 5.58 Å². The van der Waals surface area contributed by atoms with E-state index < -0.39 is 0 Å². The summed E-state index contributed by atoms with van der Waals surface area (Å²) in [5, 5.41) is 11.0. The van der Waals surface area contributed by atoms with Crippen LogP contribution in [0.4, 0.5) is 0 Å². The monoisotopic (exact) mass is 314 g/mol. The van der Waals surface area contributed by atoms with Gasteiger partial charge in [-0.2, -0.15) is 0 Å². The van der Waals surface area contributed by atoms with Crippen LogP contribution in [0.3, 0.4) is 0 Å². The van der Waals surface area contributed by atoms with Crippen LogP contribution in [0.25, 0.3) is 11.0 Å². The number of nitrogens with zero attached hydrogens (tertiary/aromatic N) is 2. The summed E-state index contributed by atoms with van der Waals surface area (Å²) in [5.74, 6) is 0.881. The molecule has 1 amide bonds. The molecule has 0 radical (unpaired) electrons. The summed E-state index contributed by atoms with van der Waals surface area (Å²) in [4.78, 5) is 16.7. The van der Waals surface area contributed by atoms with Gasteiger partial charge >= 0.3 is 0 Å². The molecule has 1 unspecified atom stereocenters. The van der Waals surface area contributed by atoms with E-state index in [9.17, 15) is 9.90 Å². The standard InChI is InChI=1S/C18H22N2O3/c21-15(13-5-6-13)12-19-7-9-20(10-8-19)18(22)17-11-14-3-1-2-4-16(14)23-17/h1-4,11,13,15,21H,5-10,12H2. The average Bonchev–Trinajstić information content (AvgIpc) is 3.34. The van der Waals surface area contributed by atoms with Crippen LogP contribution in [0.15, 0.2) is 34.7 Å². The highest BCUT2D eigenvalue weighted by atomic mass is 16.3. The first-order chi connectivity index (χ1) is 11.2. The lowest BCUT2D eigenvalue weighted by atomic mass is 10.2. The second-order valence-corrected chi connectivity index (χ2v) is 6.65. The molecule has 1 aliphatic carbocycles. The second kappa shape index (κ2) is 5.98. The van der Waals surface area contributed by atoms with Gasteiger partial charge in [-0.3, -0.25) is 9.69 Å². The summed E-state index contributed by atoms with van der Waals surface area (Å²) in [7, 11) is 0. The molecule has 2 fully saturated rings. The number of β-amino-alcohol motifs (C(OH)–C–C–N with tert-alkyl or cyclic N) is 1. The number of para-hydroxylation sites is 1. The van der Waals surface area contributed by atoms with E-state index in [1.807, 2.05) is 35.2 Å². The maximum Gasteiger partial charge on any atom is 0.289 e. The van der Waals surface area contributed by atoms with E-state index in [1.165, 1.54) is 0 Å². The lowest BCUT2D eigenvalue weighted by molar-refractivity contribution is 0.0469. The third-order valence-electron chi connectivity index (χ3n) is 4.91. The first kappa shape index (κ1) is 14.7. The SMILES string of the molecule is O=C(c1cc2ccccc2o1)N1CCN(CC(O)C2CC2)CC1. The molecule has 2 aromatic rings. The molecule has 2 heterocycles. The Morgan fingerprint density at radius 1 is 1.22 bits per heavy atom. The molecule has 1 atom stereocenters. The Kier molecular flexibility index (Phi) is 3.83. The molecule has 4 rings (SSSR count). The first-order valence-electron chi connectivity index (χ1n) is 8.39. The maximum absolute atomic E-state index is 12.6. The number of hydrogen-bond acceptors (Lipinski definition) is 4. The summed E-state index contributed by atoms with van der Waals surface area (Å²) in [6, 6.07) is 9.50. The fourth-order valence-electron chi connectivity index (χ4n) is 3.27. The summed E-state index contributed by atoms with van der Waals surface area (Å²) < 4.78 is 5.67. The van der Waals surface area contributed by atoms with Crippen molar-refractivity contribution in [1.82, 2.24) is 9.80 Å². The van der Waals surface area contributed by atoms with E-state index >= 15 is 0 Å². The number of amides is 1. The molecule has 5 heteroatoms. The molecular weight excluding hydrogens is 292 g/mol. The number of benzene rings is 1. The van der Waals surface area contributed by atoms with Gasteiger partial charge in [0.05, 0.1) is 6.10 Å². The van der Waals surface area contributed by atoms with Gasteiger partial charge in [-0.1, -0.05) is 18.2 Å². The highest BCUT2D eigenvalue weighted by Gasteiger charge is 2.32. The number of hydrogen-bond donors (Lipinski definition) is 1. The summed E-state index contributed by atoms with van der Waals surface area (Å²) in [5.41, 5.74) is 0.752. The molecule has 1 aromatic carbocycles. The lowest BCUT2D eigenvalue weighted by Crippen LogP contribution is -2.50. The normalized spacial score (nSPS) is 20.8. The Hall–Kier alpha value is -1.85. The van der Waals surface area contributed by atoms with Crippen molar-refractivity contribution in [2.24, 2.45) is 5.92 Å². The van der Waals surface area contributed by atoms with Gasteiger partial charge in [-0.05, 0) is 30.9 Å². The third-order valence-corrected chi connectivity index (χ3v) is 4.91. The largest absolute Gasteiger partial charge is 0.451 e. The molecule has 1 saturated heterocycles. The van der Waals surface area contributed by atoms with Crippen molar-refractivity contribution in [2.45, 2.75) is 18.9 Å². The average molecular weight is 314 g/mol. The van der Waals surface area contributed by atoms with Crippen LogP contribution >= 0.6 is 0 Å². The van der Waals surface area contributed by atoms with Crippen molar-refractivity contribution in [3.63, 3.8) is 0 Å². The van der Waals surface area contributed by atoms with E-state index in [0.29, 0.717) is 24.8 Å². The smallest absolute Gasteiger partial charge is 0.289 e. The van der Waals surface area contributed by atoms with Gasteiger partial charge in [0.15, 0.2) is 5.76 Å². The molecule has 0 spiro atoms. The third kappa shape index (κ3) is 3.12. The molecule has 0 bridgehead atoms. The van der Waals surface area contributed by atoms with Gasteiger partial charge in [0, 0.05) is 38.1 Å². The Morgan fingerprint density at radius 3 is 2.65 bits per heavy atom. The predicted molar refractivity (Wildman–Crippen MR) is 87.3 cm³/mol. The Bertz CT molecular complexity index is 666. The minimum absolute atomic E-state index is 0.0383. The molecule has 1 aliphatic heterocycles. The van der Waals surface area contributed by atoms with Crippen molar-refractivity contribution in [1.29, 1.82) is 0 Å². The Balaban J connectivity index is 1.36. The van der Waals surface area contributed by atoms with Crippen LogP contribution in [0.1, 0.15) is 23.4 Å². The number of fused-ring (bicyclic) bond motifs is 1. The van der Waals surface area contributed by atoms with Gasteiger partial charge in [-0.15, -0.1) is 0 Å². The fourth-order valence-corrected chi connectivity index (χ4v) is 3.27. The molecule has 1 aromatic heterocycles. The molecule has 5 nitrogen and oxygen atoms in total. The van der Waals surface area contributed by atoms with Crippen LogP contribution in [0, 0.1) is 5.92 Å². The zero-order valence-corrected chi connectivity index (χ0v) is 13.1. The van der Waals surface area contributed by atoms with Crippen molar-refractivity contribution in [3.05, 3.63) is 36.1 Å². The van der Waals surface area contributed by atoms with Gasteiger partial charge in [-0.25, -0.2) is 0 Å². The van der Waals surface area contributed by atoms with E-state index in [1.54, 1.807) is 0 Å². The predicted octanol–water partition coefficient (Wildman–Crippen LogP) is 1.96. The molecule has 122 valence electrons. The van der Waals surface area contributed by atoms with Crippen LogP contribution in [-0.2, 0) is 0 Å². The van der Waals surface area contributed by atoms with Crippen LogP contribution in [0.5, 0.6) is 0 Å². The number of piperazine rings is 1. The summed E-state index contributed by atoms with van der Waals surface area (Å²) >= 11 is 0. The van der Waals surface area contributed by atoms with Crippen molar-refractivity contribution in [2.75, 3.05) is 32.7 Å². The van der Waals surface area contributed by atoms with E-state index in [0.717, 1.165) is 43.4 Å². The van der Waals surface area contributed by atoms with Crippen molar-refractivity contribution in [3.8, 4) is 0 Å². The van der Waals surface area contributed by atoms with Crippen LogP contribution < -0.4 is 0 Å². The zero-order chi connectivity index (χ0) is 15.8. The highest BCUT2D eigenvalue weighted by molar-refractivity contribution is 5.96. The Labute approximate surface area is 135 Å².